The van der Waals surface area contributed by atoms with Gasteiger partial charge in [0.2, 0.25) is 0 Å². The number of sulfone groups is 1. The van der Waals surface area contributed by atoms with Gasteiger partial charge in [-0.25, -0.2) is 13.4 Å². The molecule has 5 nitrogen and oxygen atoms in total. The highest BCUT2D eigenvalue weighted by molar-refractivity contribution is 7.92. The Morgan fingerprint density at radius 2 is 1.83 bits per heavy atom. The van der Waals surface area contributed by atoms with E-state index in [0.29, 0.717) is 25.9 Å². The minimum absolute atomic E-state index is 0.151. The summed E-state index contributed by atoms with van der Waals surface area (Å²) >= 11 is 1.59. The predicted molar refractivity (Wildman–Crippen MR) is 121 cm³/mol. The summed E-state index contributed by atoms with van der Waals surface area (Å²) in [6, 6.07) is 16.9. The molecule has 7 heteroatoms. The maximum absolute atomic E-state index is 13.1. The van der Waals surface area contributed by atoms with E-state index in [1.165, 1.54) is 11.6 Å². The lowest BCUT2D eigenvalue weighted by molar-refractivity contribution is 0.529. The van der Waals surface area contributed by atoms with Crippen molar-refractivity contribution in [2.45, 2.75) is 36.3 Å². The van der Waals surface area contributed by atoms with Crippen LogP contribution in [0.4, 0.5) is 5.13 Å². The average molecular weight is 438 g/mol. The van der Waals surface area contributed by atoms with Crippen LogP contribution in [0.2, 0.25) is 0 Å². The van der Waals surface area contributed by atoms with Crippen molar-refractivity contribution in [1.29, 1.82) is 5.26 Å². The maximum Gasteiger partial charge on any atom is 0.185 e. The molecule has 0 amide bonds. The first-order valence-corrected chi connectivity index (χ1v) is 12.5. The van der Waals surface area contributed by atoms with Crippen molar-refractivity contribution in [3.8, 4) is 17.3 Å². The second-order valence-electron chi connectivity index (χ2n) is 7.41. The highest BCUT2D eigenvalue weighted by Gasteiger charge is 2.33. The van der Waals surface area contributed by atoms with Crippen LogP contribution in [0.25, 0.3) is 11.3 Å². The van der Waals surface area contributed by atoms with Gasteiger partial charge in [0, 0.05) is 24.0 Å². The van der Waals surface area contributed by atoms with Crippen molar-refractivity contribution in [2.24, 2.45) is 0 Å². The monoisotopic (exact) mass is 437 g/mol. The number of aryl methyl sites for hydroxylation is 1. The van der Waals surface area contributed by atoms with Gasteiger partial charge in [-0.1, -0.05) is 43.3 Å². The first-order chi connectivity index (χ1) is 14.5. The number of hydrogen-bond donors (Lipinski definition) is 0. The third-order valence-corrected chi connectivity index (χ3v) is 8.83. The highest BCUT2D eigenvalue weighted by atomic mass is 32.2. The first kappa shape index (κ1) is 20.6. The van der Waals surface area contributed by atoms with Crippen LogP contribution >= 0.6 is 11.3 Å². The minimum atomic E-state index is -3.52. The number of hydrogen-bond acceptors (Lipinski definition) is 6. The van der Waals surface area contributed by atoms with Crippen molar-refractivity contribution < 1.29 is 8.42 Å². The lowest BCUT2D eigenvalue weighted by atomic mass is 10.1. The zero-order valence-corrected chi connectivity index (χ0v) is 18.4. The average Bonchev–Trinajstić information content (AvgIpc) is 3.29. The van der Waals surface area contributed by atoms with Crippen LogP contribution in [0.5, 0.6) is 0 Å². The quantitative estimate of drug-likeness (QED) is 0.579. The number of nitrogens with zero attached hydrogens (tertiary/aromatic N) is 3. The summed E-state index contributed by atoms with van der Waals surface area (Å²) in [7, 11) is -3.52. The van der Waals surface area contributed by atoms with E-state index in [1.807, 2.05) is 6.07 Å². The molecule has 1 fully saturated rings. The van der Waals surface area contributed by atoms with E-state index in [1.54, 1.807) is 29.5 Å². The smallest absolute Gasteiger partial charge is 0.185 e. The van der Waals surface area contributed by atoms with Gasteiger partial charge in [0.1, 0.15) is 6.07 Å². The van der Waals surface area contributed by atoms with Crippen molar-refractivity contribution in [1.82, 2.24) is 4.98 Å². The van der Waals surface area contributed by atoms with Gasteiger partial charge >= 0.3 is 0 Å². The Kier molecular flexibility index (Phi) is 5.89. The van der Waals surface area contributed by atoms with Crippen LogP contribution in [-0.4, -0.2) is 31.7 Å². The van der Waals surface area contributed by atoms with Gasteiger partial charge in [-0.2, -0.15) is 5.26 Å². The summed E-state index contributed by atoms with van der Waals surface area (Å²) in [5.41, 5.74) is 3.57. The lowest BCUT2D eigenvalue weighted by Crippen LogP contribution is -2.39. The third-order valence-electron chi connectivity index (χ3n) is 5.62. The Hall–Kier alpha value is -2.69. The third kappa shape index (κ3) is 3.98. The van der Waals surface area contributed by atoms with Gasteiger partial charge in [-0.3, -0.25) is 0 Å². The molecule has 154 valence electrons. The number of thiazole rings is 1. The second kappa shape index (κ2) is 8.58. The van der Waals surface area contributed by atoms with Gasteiger partial charge in [-0.15, -0.1) is 11.3 Å². The first-order valence-electron chi connectivity index (χ1n) is 10.1. The Morgan fingerprint density at radius 1 is 1.13 bits per heavy atom. The summed E-state index contributed by atoms with van der Waals surface area (Å²) in [5.74, 6) is 0. The molecule has 1 aliphatic rings. The number of anilines is 1. The Bertz CT molecular complexity index is 1170. The molecule has 1 aliphatic heterocycles. The van der Waals surface area contributed by atoms with Crippen molar-refractivity contribution in [3.63, 3.8) is 0 Å². The molecule has 0 aliphatic carbocycles. The molecule has 0 radical (unpaired) electrons. The fraction of sp³-hybridized carbons (Fsp3) is 0.304. The molecule has 4 rings (SSSR count). The number of nitriles is 1. The highest BCUT2D eigenvalue weighted by Crippen LogP contribution is 2.32. The molecule has 2 aromatic carbocycles. The molecule has 1 aromatic heterocycles. The van der Waals surface area contributed by atoms with E-state index in [2.05, 4.69) is 41.5 Å². The lowest BCUT2D eigenvalue weighted by Gasteiger charge is -2.31. The van der Waals surface area contributed by atoms with Gasteiger partial charge in [0.25, 0.3) is 0 Å². The summed E-state index contributed by atoms with van der Waals surface area (Å²) < 4.78 is 26.1. The fourth-order valence-electron chi connectivity index (χ4n) is 3.80. The van der Waals surface area contributed by atoms with Crippen molar-refractivity contribution in [2.75, 3.05) is 18.0 Å². The van der Waals surface area contributed by atoms with E-state index in [0.717, 1.165) is 22.8 Å². The molecule has 1 saturated heterocycles. The van der Waals surface area contributed by atoms with E-state index < -0.39 is 15.1 Å². The number of benzene rings is 2. The topological polar surface area (TPSA) is 74.1 Å². The Morgan fingerprint density at radius 3 is 2.50 bits per heavy atom. The molecule has 0 bridgehead atoms. The van der Waals surface area contributed by atoms with Crippen LogP contribution in [0, 0.1) is 11.3 Å². The van der Waals surface area contributed by atoms with Crippen LogP contribution in [0.3, 0.4) is 0 Å². The van der Waals surface area contributed by atoms with E-state index in [-0.39, 0.29) is 10.5 Å². The number of aromatic nitrogens is 1. The molecule has 0 spiro atoms. The number of piperidine rings is 1. The predicted octanol–water partition coefficient (Wildman–Crippen LogP) is 4.69. The van der Waals surface area contributed by atoms with E-state index in [4.69, 9.17) is 4.98 Å². The second-order valence-corrected chi connectivity index (χ2v) is 10.4. The van der Waals surface area contributed by atoms with Crippen LogP contribution in [0.15, 0.2) is 58.8 Å². The van der Waals surface area contributed by atoms with Gasteiger partial charge in [0.05, 0.1) is 21.4 Å². The zero-order valence-electron chi connectivity index (χ0n) is 16.8. The molecule has 2 heterocycles. The molecular formula is C23H23N3O2S2. The Labute approximate surface area is 181 Å². The van der Waals surface area contributed by atoms with Crippen LogP contribution in [0.1, 0.15) is 30.9 Å². The summed E-state index contributed by atoms with van der Waals surface area (Å²) in [5, 5.41) is 11.8. The molecular weight excluding hydrogens is 414 g/mol. The SMILES string of the molecule is CCc1ccc(-c2csc(N3CCC(S(=O)(=O)c4ccccc4C#N)CC3)n2)cc1. The minimum Gasteiger partial charge on any atom is -0.348 e. The molecule has 0 N–H and O–H groups in total. The van der Waals surface area contributed by atoms with Gasteiger partial charge < -0.3 is 4.90 Å². The Balaban J connectivity index is 1.46. The molecule has 0 atom stereocenters. The molecule has 0 saturated carbocycles. The van der Waals surface area contributed by atoms with E-state index in [9.17, 15) is 13.7 Å². The summed E-state index contributed by atoms with van der Waals surface area (Å²) in [6.45, 7) is 3.42. The molecule has 0 unspecified atom stereocenters. The van der Waals surface area contributed by atoms with Gasteiger partial charge in [-0.05, 0) is 37.0 Å². The van der Waals surface area contributed by atoms with Crippen molar-refractivity contribution >= 4 is 26.3 Å². The zero-order chi connectivity index (χ0) is 21.1. The van der Waals surface area contributed by atoms with Crippen LogP contribution in [-0.2, 0) is 16.3 Å². The molecule has 3 aromatic rings. The normalized spacial score (nSPS) is 15.1. The largest absolute Gasteiger partial charge is 0.348 e. The summed E-state index contributed by atoms with van der Waals surface area (Å²) in [6.07, 6.45) is 2.07. The maximum atomic E-state index is 13.1. The fourth-order valence-corrected chi connectivity index (χ4v) is 6.56. The summed E-state index contributed by atoms with van der Waals surface area (Å²) in [4.78, 5) is 7.10. The van der Waals surface area contributed by atoms with Crippen LogP contribution < -0.4 is 4.90 Å². The molecule has 30 heavy (non-hydrogen) atoms. The van der Waals surface area contributed by atoms with Crippen molar-refractivity contribution in [3.05, 3.63) is 65.0 Å². The standard InChI is InChI=1S/C23H23N3O2S2/c1-2-17-7-9-18(10-8-17)21-16-29-23(25-21)26-13-11-20(12-14-26)30(27,28)22-6-4-3-5-19(22)15-24/h3-10,16,20H,2,11-14H2,1H3. The number of rotatable bonds is 5. The van der Waals surface area contributed by atoms with E-state index >= 15 is 0 Å². The van der Waals surface area contributed by atoms with Gasteiger partial charge in [0.15, 0.2) is 15.0 Å².